The molecule has 0 saturated carbocycles. The van der Waals surface area contributed by atoms with E-state index in [0.717, 1.165) is 16.7 Å². The van der Waals surface area contributed by atoms with E-state index in [1.165, 1.54) is 7.11 Å². The predicted octanol–water partition coefficient (Wildman–Crippen LogP) is 3.68. The Labute approximate surface area is 165 Å². The smallest absolute Gasteiger partial charge is 0.310 e. The molecule has 1 aliphatic heterocycles. The van der Waals surface area contributed by atoms with Crippen LogP contribution in [0.4, 0.5) is 0 Å². The van der Waals surface area contributed by atoms with E-state index >= 15 is 0 Å². The fourth-order valence-corrected chi connectivity index (χ4v) is 3.54. The van der Waals surface area contributed by atoms with Crippen LogP contribution in [-0.2, 0) is 16.0 Å². The van der Waals surface area contributed by atoms with Crippen molar-refractivity contribution in [3.8, 4) is 28.4 Å². The second-order valence-electron chi connectivity index (χ2n) is 7.45. The number of aliphatic hydroxyl groups is 1. The minimum absolute atomic E-state index is 0.0855. The monoisotopic (exact) mass is 386 g/mol. The van der Waals surface area contributed by atoms with E-state index in [1.54, 1.807) is 20.3 Å². The van der Waals surface area contributed by atoms with Crippen LogP contribution >= 0.6 is 0 Å². The zero-order valence-electron chi connectivity index (χ0n) is 16.9. The van der Waals surface area contributed by atoms with Crippen LogP contribution in [0.1, 0.15) is 37.5 Å². The zero-order chi connectivity index (χ0) is 20.5. The summed E-state index contributed by atoms with van der Waals surface area (Å²) in [6.45, 7) is 3.92. The molecule has 3 rings (SSSR count). The number of ether oxygens (including phenoxy) is 4. The third-order valence-corrected chi connectivity index (χ3v) is 4.92. The molecule has 0 radical (unpaired) electrons. The maximum absolute atomic E-state index is 11.7. The Morgan fingerprint density at radius 2 is 1.86 bits per heavy atom. The van der Waals surface area contributed by atoms with Gasteiger partial charge in [-0.1, -0.05) is 6.07 Å². The van der Waals surface area contributed by atoms with Crippen LogP contribution in [0.3, 0.4) is 0 Å². The predicted molar refractivity (Wildman–Crippen MR) is 105 cm³/mol. The van der Waals surface area contributed by atoms with Gasteiger partial charge in [0.1, 0.15) is 22.8 Å². The Kier molecular flexibility index (Phi) is 5.52. The first-order valence-electron chi connectivity index (χ1n) is 9.11. The molecule has 0 aromatic heterocycles. The summed E-state index contributed by atoms with van der Waals surface area (Å²) in [7, 11) is 4.48. The lowest BCUT2D eigenvalue weighted by Crippen LogP contribution is -2.34. The molecule has 1 unspecified atom stereocenters. The van der Waals surface area contributed by atoms with Gasteiger partial charge in [0, 0.05) is 23.1 Å². The molecule has 0 bridgehead atoms. The second kappa shape index (κ2) is 7.72. The van der Waals surface area contributed by atoms with Crippen molar-refractivity contribution in [3.63, 3.8) is 0 Å². The topological polar surface area (TPSA) is 74.2 Å². The first kappa shape index (κ1) is 20.0. The highest BCUT2D eigenvalue weighted by Gasteiger charge is 2.33. The van der Waals surface area contributed by atoms with Gasteiger partial charge in [0.2, 0.25) is 0 Å². The van der Waals surface area contributed by atoms with E-state index in [1.807, 2.05) is 38.1 Å². The zero-order valence-corrected chi connectivity index (χ0v) is 16.9. The minimum Gasteiger partial charge on any atom is -0.496 e. The van der Waals surface area contributed by atoms with Gasteiger partial charge in [0.15, 0.2) is 0 Å². The molecule has 150 valence electrons. The van der Waals surface area contributed by atoms with Crippen molar-refractivity contribution in [1.82, 2.24) is 0 Å². The molecule has 6 heteroatoms. The number of benzene rings is 2. The van der Waals surface area contributed by atoms with Gasteiger partial charge in [-0.15, -0.1) is 0 Å². The van der Waals surface area contributed by atoms with Crippen LogP contribution < -0.4 is 14.2 Å². The molecule has 0 saturated heterocycles. The van der Waals surface area contributed by atoms with Crippen molar-refractivity contribution >= 4 is 5.97 Å². The maximum Gasteiger partial charge on any atom is 0.310 e. The number of carbonyl (C=O) groups is 1. The summed E-state index contributed by atoms with van der Waals surface area (Å²) in [5.41, 5.74) is 2.67. The summed E-state index contributed by atoms with van der Waals surface area (Å²) in [6, 6.07) is 9.30. The molecule has 1 aliphatic rings. The number of carbonyl (C=O) groups excluding carboxylic acids is 1. The van der Waals surface area contributed by atoms with E-state index in [2.05, 4.69) is 0 Å². The van der Waals surface area contributed by atoms with Crippen molar-refractivity contribution in [2.45, 2.75) is 38.4 Å². The average molecular weight is 386 g/mol. The number of fused-ring (bicyclic) bond motifs is 1. The van der Waals surface area contributed by atoms with Crippen molar-refractivity contribution in [1.29, 1.82) is 0 Å². The SMILES string of the molecule is COC(=O)Cc1cc(OC)c(-c2ccc3c(c2)C(O)CC(C)(C)O3)cc1OC. The van der Waals surface area contributed by atoms with E-state index in [4.69, 9.17) is 18.9 Å². The van der Waals surface area contributed by atoms with Gasteiger partial charge in [-0.2, -0.15) is 0 Å². The van der Waals surface area contributed by atoms with E-state index in [-0.39, 0.29) is 12.4 Å². The molecule has 0 aliphatic carbocycles. The number of aliphatic hydroxyl groups excluding tert-OH is 1. The highest BCUT2D eigenvalue weighted by Crippen LogP contribution is 2.43. The first-order valence-corrected chi connectivity index (χ1v) is 9.11. The first-order chi connectivity index (χ1) is 13.3. The third-order valence-electron chi connectivity index (χ3n) is 4.92. The molecule has 0 fully saturated rings. The maximum atomic E-state index is 11.7. The van der Waals surface area contributed by atoms with Gasteiger partial charge in [-0.3, -0.25) is 4.79 Å². The molecular weight excluding hydrogens is 360 g/mol. The average Bonchev–Trinajstić information content (AvgIpc) is 2.66. The normalized spacial score (nSPS) is 17.3. The Balaban J connectivity index is 2.06. The Hall–Kier alpha value is -2.73. The Bertz CT molecular complexity index is 887. The lowest BCUT2D eigenvalue weighted by atomic mass is 9.89. The minimum atomic E-state index is -0.606. The molecule has 1 N–H and O–H groups in total. The molecular formula is C22H26O6. The molecule has 1 heterocycles. The number of rotatable bonds is 5. The summed E-state index contributed by atoms with van der Waals surface area (Å²) in [6.07, 6.45) is -0.00500. The van der Waals surface area contributed by atoms with Gasteiger partial charge < -0.3 is 24.1 Å². The second-order valence-corrected chi connectivity index (χ2v) is 7.45. The fourth-order valence-electron chi connectivity index (χ4n) is 3.54. The summed E-state index contributed by atoms with van der Waals surface area (Å²) < 4.78 is 21.8. The van der Waals surface area contributed by atoms with Crippen molar-refractivity contribution in [3.05, 3.63) is 41.5 Å². The van der Waals surface area contributed by atoms with Gasteiger partial charge in [-0.25, -0.2) is 0 Å². The van der Waals surface area contributed by atoms with Crippen molar-refractivity contribution in [2.75, 3.05) is 21.3 Å². The van der Waals surface area contributed by atoms with Crippen LogP contribution in [0.2, 0.25) is 0 Å². The standard InChI is InChI=1S/C22H26O6/c1-22(2)12-17(23)16-8-13(6-7-18(16)28-22)15-11-19(25-3)14(9-20(15)26-4)10-21(24)27-5/h6-9,11,17,23H,10,12H2,1-5H3. The van der Waals surface area contributed by atoms with Crippen LogP contribution in [0.5, 0.6) is 17.2 Å². The Morgan fingerprint density at radius 3 is 2.50 bits per heavy atom. The molecule has 28 heavy (non-hydrogen) atoms. The fraction of sp³-hybridized carbons (Fsp3) is 0.409. The molecule has 0 spiro atoms. The van der Waals surface area contributed by atoms with Crippen LogP contribution in [0, 0.1) is 0 Å². The van der Waals surface area contributed by atoms with Crippen molar-refractivity contribution in [2.24, 2.45) is 0 Å². The van der Waals surface area contributed by atoms with E-state index < -0.39 is 11.7 Å². The summed E-state index contributed by atoms with van der Waals surface area (Å²) in [4.78, 5) is 11.7. The highest BCUT2D eigenvalue weighted by molar-refractivity contribution is 5.78. The van der Waals surface area contributed by atoms with Gasteiger partial charge in [0.05, 0.1) is 33.9 Å². The number of hydrogen-bond donors (Lipinski definition) is 1. The molecule has 2 aromatic carbocycles. The number of esters is 1. The van der Waals surface area contributed by atoms with Crippen molar-refractivity contribution < 1.29 is 28.8 Å². The largest absolute Gasteiger partial charge is 0.496 e. The summed E-state index contributed by atoms with van der Waals surface area (Å²) >= 11 is 0. The van der Waals surface area contributed by atoms with Gasteiger partial charge >= 0.3 is 5.97 Å². The number of methoxy groups -OCH3 is 3. The van der Waals surface area contributed by atoms with Crippen LogP contribution in [0.25, 0.3) is 11.1 Å². The van der Waals surface area contributed by atoms with Crippen LogP contribution in [0.15, 0.2) is 30.3 Å². The molecule has 0 amide bonds. The van der Waals surface area contributed by atoms with Gasteiger partial charge in [0.25, 0.3) is 0 Å². The lowest BCUT2D eigenvalue weighted by Gasteiger charge is -2.35. The molecule has 2 aromatic rings. The molecule has 6 nitrogen and oxygen atoms in total. The van der Waals surface area contributed by atoms with Gasteiger partial charge in [-0.05, 0) is 43.7 Å². The van der Waals surface area contributed by atoms with E-state index in [0.29, 0.717) is 29.2 Å². The summed E-state index contributed by atoms with van der Waals surface area (Å²) in [5, 5.41) is 10.6. The van der Waals surface area contributed by atoms with E-state index in [9.17, 15) is 9.90 Å². The molecule has 1 atom stereocenters. The van der Waals surface area contributed by atoms with Crippen LogP contribution in [-0.4, -0.2) is 38.0 Å². The quantitative estimate of drug-likeness (QED) is 0.790. The summed E-state index contributed by atoms with van der Waals surface area (Å²) in [5.74, 6) is 1.49. The highest BCUT2D eigenvalue weighted by atomic mass is 16.5. The lowest BCUT2D eigenvalue weighted by molar-refractivity contribution is -0.139. The third kappa shape index (κ3) is 3.92. The Morgan fingerprint density at radius 1 is 1.14 bits per heavy atom. The number of hydrogen-bond acceptors (Lipinski definition) is 6.